The maximum Gasteiger partial charge on any atom is 0.220 e. The fourth-order valence-corrected chi connectivity index (χ4v) is 3.82. The van der Waals surface area contributed by atoms with Crippen LogP contribution in [0.2, 0.25) is 0 Å². The lowest BCUT2D eigenvalue weighted by molar-refractivity contribution is -0.123. The molecule has 1 N–H and O–H groups in total. The molecule has 0 saturated carbocycles. The number of nitrogens with one attached hydrogen (secondary N) is 1. The number of carbonyl (C=O) groups excluding carboxylic acids is 1. The Kier molecular flexibility index (Phi) is 6.11. The molecule has 0 bridgehead atoms. The highest BCUT2D eigenvalue weighted by atomic mass is 16.5. The normalized spacial score (nSPS) is 16.0. The molecule has 7 nitrogen and oxygen atoms in total. The van der Waals surface area contributed by atoms with Gasteiger partial charge in [-0.3, -0.25) is 9.78 Å². The average molecular weight is 422 g/mol. The van der Waals surface area contributed by atoms with E-state index in [0.29, 0.717) is 36.8 Å². The summed E-state index contributed by atoms with van der Waals surface area (Å²) in [6, 6.07) is 11.7. The van der Waals surface area contributed by atoms with Gasteiger partial charge in [-0.05, 0) is 53.9 Å². The molecule has 0 aliphatic carbocycles. The number of aromatic nitrogens is 1. The zero-order valence-corrected chi connectivity index (χ0v) is 17.9. The molecule has 1 aliphatic heterocycles. The Bertz CT molecular complexity index is 1060. The number of nitrogens with zero attached hydrogens (tertiary/aromatic N) is 1. The van der Waals surface area contributed by atoms with Gasteiger partial charge in [0, 0.05) is 30.5 Å². The van der Waals surface area contributed by atoms with E-state index < -0.39 is 0 Å². The molecule has 1 amide bonds. The van der Waals surface area contributed by atoms with Gasteiger partial charge in [0.2, 0.25) is 11.7 Å². The molecule has 1 saturated heterocycles. The molecule has 1 aliphatic rings. The summed E-state index contributed by atoms with van der Waals surface area (Å²) in [5.74, 6) is 2.86. The third-order valence-electron chi connectivity index (χ3n) is 5.52. The average Bonchev–Trinajstić information content (AvgIpc) is 2.82. The summed E-state index contributed by atoms with van der Waals surface area (Å²) in [5, 5.41) is 3.85. The van der Waals surface area contributed by atoms with Crippen LogP contribution in [0.3, 0.4) is 0 Å². The number of methoxy groups -OCH3 is 3. The van der Waals surface area contributed by atoms with Crippen molar-refractivity contribution in [1.82, 2.24) is 10.3 Å². The van der Waals surface area contributed by atoms with Gasteiger partial charge in [0.1, 0.15) is 5.75 Å². The van der Waals surface area contributed by atoms with Crippen molar-refractivity contribution in [1.29, 1.82) is 0 Å². The summed E-state index contributed by atoms with van der Waals surface area (Å²) in [5.41, 5.74) is 2.66. The smallest absolute Gasteiger partial charge is 0.220 e. The first-order chi connectivity index (χ1) is 15.1. The number of rotatable bonds is 7. The van der Waals surface area contributed by atoms with Crippen molar-refractivity contribution in [3.63, 3.8) is 0 Å². The predicted molar refractivity (Wildman–Crippen MR) is 118 cm³/mol. The number of hydrogen-bond acceptors (Lipinski definition) is 6. The van der Waals surface area contributed by atoms with E-state index in [-0.39, 0.29) is 11.8 Å². The van der Waals surface area contributed by atoms with Crippen LogP contribution in [0.1, 0.15) is 12.8 Å². The van der Waals surface area contributed by atoms with E-state index in [1.807, 2.05) is 36.4 Å². The quantitative estimate of drug-likeness (QED) is 0.623. The number of amides is 1. The van der Waals surface area contributed by atoms with Gasteiger partial charge in [0.05, 0.1) is 33.5 Å². The summed E-state index contributed by atoms with van der Waals surface area (Å²) in [7, 11) is 4.78. The lowest BCUT2D eigenvalue weighted by atomic mass is 10.00. The maximum atomic E-state index is 11.4. The Morgan fingerprint density at radius 1 is 1.00 bits per heavy atom. The summed E-state index contributed by atoms with van der Waals surface area (Å²) < 4.78 is 22.7. The van der Waals surface area contributed by atoms with Crippen LogP contribution in [0.15, 0.2) is 42.6 Å². The van der Waals surface area contributed by atoms with Crippen LogP contribution >= 0.6 is 0 Å². The summed E-state index contributed by atoms with van der Waals surface area (Å²) in [6.45, 7) is 1.17. The topological polar surface area (TPSA) is 78.9 Å². The van der Waals surface area contributed by atoms with Crippen molar-refractivity contribution in [2.75, 3.05) is 34.5 Å². The third-order valence-corrected chi connectivity index (χ3v) is 5.52. The van der Waals surface area contributed by atoms with E-state index in [9.17, 15) is 4.79 Å². The zero-order chi connectivity index (χ0) is 21.8. The monoisotopic (exact) mass is 422 g/mol. The highest BCUT2D eigenvalue weighted by Crippen LogP contribution is 2.42. The third kappa shape index (κ3) is 4.35. The van der Waals surface area contributed by atoms with Crippen LogP contribution in [0.25, 0.3) is 22.0 Å². The number of carbonyl (C=O) groups is 1. The molecule has 1 atom stereocenters. The Labute approximate surface area is 181 Å². The van der Waals surface area contributed by atoms with E-state index >= 15 is 0 Å². The van der Waals surface area contributed by atoms with Gasteiger partial charge >= 0.3 is 0 Å². The van der Waals surface area contributed by atoms with Crippen LogP contribution < -0.4 is 24.3 Å². The van der Waals surface area contributed by atoms with Gasteiger partial charge in [0.25, 0.3) is 0 Å². The van der Waals surface area contributed by atoms with Crippen LogP contribution in [0.5, 0.6) is 23.0 Å². The number of piperidine rings is 1. The van der Waals surface area contributed by atoms with E-state index in [1.165, 1.54) is 0 Å². The van der Waals surface area contributed by atoms with E-state index in [2.05, 4.69) is 10.3 Å². The van der Waals surface area contributed by atoms with Crippen LogP contribution in [0, 0.1) is 5.92 Å². The molecule has 3 aromatic rings. The lowest BCUT2D eigenvalue weighted by Gasteiger charge is -2.23. The molecule has 1 fully saturated rings. The Morgan fingerprint density at radius 2 is 1.71 bits per heavy atom. The molecule has 2 aromatic carbocycles. The zero-order valence-electron chi connectivity index (χ0n) is 17.9. The van der Waals surface area contributed by atoms with Crippen LogP contribution in [-0.4, -0.2) is 45.4 Å². The highest BCUT2D eigenvalue weighted by molar-refractivity contribution is 5.90. The van der Waals surface area contributed by atoms with E-state index in [4.69, 9.17) is 18.9 Å². The minimum atomic E-state index is 0.107. The summed E-state index contributed by atoms with van der Waals surface area (Å²) in [6.07, 6.45) is 3.14. The second kappa shape index (κ2) is 9.12. The molecule has 1 unspecified atom stereocenters. The molecular formula is C24H26N2O5. The van der Waals surface area contributed by atoms with Gasteiger partial charge in [0.15, 0.2) is 11.5 Å². The maximum absolute atomic E-state index is 11.4. The molecular weight excluding hydrogens is 396 g/mol. The second-order valence-electron chi connectivity index (χ2n) is 7.48. The largest absolute Gasteiger partial charge is 0.493 e. The predicted octanol–water partition coefficient (Wildman–Crippen LogP) is 3.83. The van der Waals surface area contributed by atoms with Crippen LogP contribution in [-0.2, 0) is 4.79 Å². The fourth-order valence-electron chi connectivity index (χ4n) is 3.82. The number of hydrogen-bond donors (Lipinski definition) is 1. The number of benzene rings is 2. The molecule has 2 heterocycles. The fraction of sp³-hybridized carbons (Fsp3) is 0.333. The Morgan fingerprint density at radius 3 is 2.35 bits per heavy atom. The minimum Gasteiger partial charge on any atom is -0.493 e. The number of fused-ring (bicyclic) bond motifs is 1. The van der Waals surface area contributed by atoms with Gasteiger partial charge in [-0.1, -0.05) is 0 Å². The molecule has 0 radical (unpaired) electrons. The van der Waals surface area contributed by atoms with Crippen molar-refractivity contribution in [2.24, 2.45) is 5.92 Å². The first-order valence-corrected chi connectivity index (χ1v) is 10.2. The van der Waals surface area contributed by atoms with E-state index in [0.717, 1.165) is 34.2 Å². The Balaban J connectivity index is 1.71. The standard InChI is InChI=1S/C24H26N2O5/c1-28-21-11-17(12-22(29-2)24(21)30-3)16-9-19-18(5-4-8-25-19)20(10-16)31-14-15-6-7-23(27)26-13-15/h4-5,8-12,15H,6-7,13-14H2,1-3H3,(H,26,27). The van der Waals surface area contributed by atoms with Gasteiger partial charge in [-0.25, -0.2) is 0 Å². The number of pyridine rings is 1. The van der Waals surface area contributed by atoms with Crippen molar-refractivity contribution < 1.29 is 23.7 Å². The van der Waals surface area contributed by atoms with Crippen molar-refractivity contribution in [3.8, 4) is 34.1 Å². The van der Waals surface area contributed by atoms with Crippen molar-refractivity contribution in [3.05, 3.63) is 42.6 Å². The van der Waals surface area contributed by atoms with Crippen molar-refractivity contribution in [2.45, 2.75) is 12.8 Å². The Hall–Kier alpha value is -3.48. The molecule has 4 rings (SSSR count). The van der Waals surface area contributed by atoms with Crippen LogP contribution in [0.4, 0.5) is 0 Å². The molecule has 0 spiro atoms. The second-order valence-corrected chi connectivity index (χ2v) is 7.48. The first kappa shape index (κ1) is 20.8. The molecule has 7 heteroatoms. The van der Waals surface area contributed by atoms with Gasteiger partial charge < -0.3 is 24.3 Å². The summed E-state index contributed by atoms with van der Waals surface area (Å²) >= 11 is 0. The highest BCUT2D eigenvalue weighted by Gasteiger charge is 2.20. The SMILES string of the molecule is COc1cc(-c2cc(OCC3CCC(=O)NC3)c3cccnc3c2)cc(OC)c1OC. The van der Waals surface area contributed by atoms with Crippen molar-refractivity contribution >= 4 is 16.8 Å². The molecule has 31 heavy (non-hydrogen) atoms. The van der Waals surface area contributed by atoms with E-state index in [1.54, 1.807) is 27.5 Å². The lowest BCUT2D eigenvalue weighted by Crippen LogP contribution is -2.37. The summed E-state index contributed by atoms with van der Waals surface area (Å²) in [4.78, 5) is 15.9. The number of ether oxygens (including phenoxy) is 4. The van der Waals surface area contributed by atoms with Gasteiger partial charge in [-0.15, -0.1) is 0 Å². The molecule has 162 valence electrons. The minimum absolute atomic E-state index is 0.107. The molecule has 1 aromatic heterocycles. The van der Waals surface area contributed by atoms with Gasteiger partial charge in [-0.2, -0.15) is 0 Å². The first-order valence-electron chi connectivity index (χ1n) is 10.2.